The van der Waals surface area contributed by atoms with Gasteiger partial charge in [-0.1, -0.05) is 11.6 Å². The van der Waals surface area contributed by atoms with E-state index in [1.54, 1.807) is 0 Å². The number of hydrogen-bond donors (Lipinski definition) is 1. The fourth-order valence-electron chi connectivity index (χ4n) is 3.38. The largest absolute Gasteiger partial charge is 0.342 e. The highest BCUT2D eigenvalue weighted by molar-refractivity contribution is 7.85. The minimum atomic E-state index is -3.67. The second-order valence-electron chi connectivity index (χ2n) is 6.23. The van der Waals surface area contributed by atoms with Crippen molar-refractivity contribution in [3.8, 4) is 11.4 Å². The molecule has 6 nitrogen and oxygen atoms in total. The van der Waals surface area contributed by atoms with Crippen LogP contribution < -0.4 is 0 Å². The van der Waals surface area contributed by atoms with Gasteiger partial charge in [-0.15, -0.1) is 0 Å². The minimum Gasteiger partial charge on any atom is -0.342 e. The van der Waals surface area contributed by atoms with Crippen LogP contribution >= 0.6 is 0 Å². The molecular weight excluding hydrogens is 326 g/mol. The van der Waals surface area contributed by atoms with E-state index in [2.05, 4.69) is 53.2 Å². The Bertz CT molecular complexity index is 1020. The molecule has 2 aromatic heterocycles. The lowest BCUT2D eigenvalue weighted by molar-refractivity contribution is 0.490. The van der Waals surface area contributed by atoms with Crippen molar-refractivity contribution in [2.75, 3.05) is 6.26 Å². The summed E-state index contributed by atoms with van der Waals surface area (Å²) in [5.74, 6) is 1.11. The number of nitrogens with zero attached hydrogens (tertiary/aromatic N) is 3. The predicted molar refractivity (Wildman–Crippen MR) is 94.8 cm³/mol. The first-order valence-corrected chi connectivity index (χ1v) is 9.54. The molecule has 0 radical (unpaired) electrons. The maximum Gasteiger partial charge on any atom is 0.261 e. The molecule has 0 atom stereocenters. The molecule has 0 aliphatic carbocycles. The third-order valence-electron chi connectivity index (χ3n) is 4.34. The molecule has 1 N–H and O–H groups in total. The maximum absolute atomic E-state index is 9.19. The first-order valence-electron chi connectivity index (χ1n) is 7.69. The van der Waals surface area contributed by atoms with Gasteiger partial charge in [0.25, 0.3) is 10.1 Å². The van der Waals surface area contributed by atoms with E-state index in [1.807, 2.05) is 6.20 Å². The number of aromatic nitrogens is 3. The third kappa shape index (κ3) is 2.97. The molecule has 0 bridgehead atoms. The molecule has 0 spiro atoms. The topological polar surface area (TPSA) is 77.1 Å². The number of benzene rings is 1. The number of rotatable bonds is 0. The van der Waals surface area contributed by atoms with Gasteiger partial charge in [-0.3, -0.25) is 4.55 Å². The Balaban J connectivity index is 0.000000300. The van der Waals surface area contributed by atoms with Crippen LogP contribution in [0.5, 0.6) is 0 Å². The van der Waals surface area contributed by atoms with Crippen LogP contribution in [0.25, 0.3) is 22.3 Å². The summed E-state index contributed by atoms with van der Waals surface area (Å²) in [6, 6.07) is 6.74. The van der Waals surface area contributed by atoms with Gasteiger partial charge < -0.3 is 9.13 Å². The molecule has 0 amide bonds. The van der Waals surface area contributed by atoms with Crippen molar-refractivity contribution in [3.05, 3.63) is 41.3 Å². The van der Waals surface area contributed by atoms with E-state index < -0.39 is 10.1 Å². The summed E-state index contributed by atoms with van der Waals surface area (Å²) in [6.45, 7) is 5.29. The Morgan fingerprint density at radius 3 is 2.58 bits per heavy atom. The van der Waals surface area contributed by atoms with E-state index >= 15 is 0 Å². The van der Waals surface area contributed by atoms with Gasteiger partial charge in [-0.2, -0.15) is 8.42 Å². The summed E-state index contributed by atoms with van der Waals surface area (Å²) in [6.07, 6.45) is 3.83. The van der Waals surface area contributed by atoms with Gasteiger partial charge in [0.15, 0.2) is 0 Å². The molecule has 24 heavy (non-hydrogen) atoms. The first kappa shape index (κ1) is 16.7. The normalized spacial score (nSPS) is 13.2. The SMILES string of the molecule is CS(=O)(=O)O.Cc1ccc2c(c1)c1c(n2C)-c2cnc(C)n2CC1. The fourth-order valence-corrected chi connectivity index (χ4v) is 3.38. The van der Waals surface area contributed by atoms with Gasteiger partial charge in [-0.05, 0) is 38.0 Å². The Morgan fingerprint density at radius 2 is 1.92 bits per heavy atom. The highest BCUT2D eigenvalue weighted by Crippen LogP contribution is 2.37. The van der Waals surface area contributed by atoms with Crippen molar-refractivity contribution in [1.29, 1.82) is 0 Å². The van der Waals surface area contributed by atoms with Gasteiger partial charge in [0.2, 0.25) is 0 Å². The summed E-state index contributed by atoms with van der Waals surface area (Å²) in [5, 5.41) is 1.41. The van der Waals surface area contributed by atoms with E-state index in [4.69, 9.17) is 4.55 Å². The highest BCUT2D eigenvalue weighted by Gasteiger charge is 2.24. The van der Waals surface area contributed by atoms with Crippen LogP contribution in [0.4, 0.5) is 0 Å². The first-order chi connectivity index (χ1) is 11.2. The molecule has 7 heteroatoms. The number of imidazole rings is 1. The zero-order valence-corrected chi connectivity index (χ0v) is 15.1. The molecule has 3 heterocycles. The van der Waals surface area contributed by atoms with Crippen molar-refractivity contribution in [2.45, 2.75) is 26.8 Å². The molecule has 0 saturated heterocycles. The third-order valence-corrected chi connectivity index (χ3v) is 4.34. The van der Waals surface area contributed by atoms with Crippen molar-refractivity contribution in [1.82, 2.24) is 14.1 Å². The van der Waals surface area contributed by atoms with Crippen molar-refractivity contribution < 1.29 is 13.0 Å². The summed E-state index contributed by atoms with van der Waals surface area (Å²) in [4.78, 5) is 4.48. The second-order valence-corrected chi connectivity index (χ2v) is 7.70. The molecular formula is C17H21N3O3S. The van der Waals surface area contributed by atoms with Gasteiger partial charge in [0, 0.05) is 24.5 Å². The fraction of sp³-hybridized carbons (Fsp3) is 0.353. The standard InChI is InChI=1S/C16H17N3.CH4O3S/c1-10-4-5-14-13(8-10)12-6-7-19-11(2)17-9-15(19)16(12)18(14)3;1-5(2,3)4/h4-5,8-9H,6-7H2,1-3H3;1H3,(H,2,3,4). The van der Waals surface area contributed by atoms with Gasteiger partial charge in [0.05, 0.1) is 23.8 Å². The Kier molecular flexibility index (Phi) is 4.01. The lowest BCUT2D eigenvalue weighted by atomic mass is 10.0. The van der Waals surface area contributed by atoms with Crippen LogP contribution in [-0.2, 0) is 30.1 Å². The molecule has 0 saturated carbocycles. The van der Waals surface area contributed by atoms with Crippen LogP contribution in [0, 0.1) is 13.8 Å². The summed E-state index contributed by atoms with van der Waals surface area (Å²) < 4.78 is 30.5. The Morgan fingerprint density at radius 1 is 1.25 bits per heavy atom. The van der Waals surface area contributed by atoms with Crippen molar-refractivity contribution >= 4 is 21.0 Å². The zero-order chi connectivity index (χ0) is 17.6. The summed E-state index contributed by atoms with van der Waals surface area (Å²) >= 11 is 0. The average Bonchev–Trinajstić information content (AvgIpc) is 2.97. The molecule has 1 aromatic carbocycles. The molecule has 3 aromatic rings. The van der Waals surface area contributed by atoms with Crippen molar-refractivity contribution in [3.63, 3.8) is 0 Å². The van der Waals surface area contributed by atoms with Crippen molar-refractivity contribution in [2.24, 2.45) is 7.05 Å². The lowest BCUT2D eigenvalue weighted by Crippen LogP contribution is -2.12. The zero-order valence-electron chi connectivity index (χ0n) is 14.2. The van der Waals surface area contributed by atoms with Crippen LogP contribution in [-0.4, -0.2) is 33.3 Å². The van der Waals surface area contributed by atoms with E-state index in [0.29, 0.717) is 6.26 Å². The summed E-state index contributed by atoms with van der Waals surface area (Å²) in [7, 11) is -1.51. The average molecular weight is 347 g/mol. The number of fused-ring (bicyclic) bond motifs is 5. The highest BCUT2D eigenvalue weighted by atomic mass is 32.2. The van der Waals surface area contributed by atoms with Crippen LogP contribution in [0.3, 0.4) is 0 Å². The van der Waals surface area contributed by atoms with Gasteiger partial charge in [0.1, 0.15) is 5.82 Å². The second kappa shape index (κ2) is 5.75. The quantitative estimate of drug-likeness (QED) is 0.634. The van der Waals surface area contributed by atoms with E-state index in [1.165, 1.54) is 33.4 Å². The number of aryl methyl sites for hydroxylation is 4. The van der Waals surface area contributed by atoms with E-state index in [9.17, 15) is 8.42 Å². The molecule has 1 aliphatic rings. The predicted octanol–water partition coefficient (Wildman–Crippen LogP) is 2.72. The van der Waals surface area contributed by atoms with Gasteiger partial charge in [-0.25, -0.2) is 4.98 Å². The van der Waals surface area contributed by atoms with E-state index in [-0.39, 0.29) is 0 Å². The maximum atomic E-state index is 9.19. The smallest absolute Gasteiger partial charge is 0.261 e. The molecule has 1 aliphatic heterocycles. The van der Waals surface area contributed by atoms with E-state index in [0.717, 1.165) is 18.8 Å². The monoisotopic (exact) mass is 347 g/mol. The van der Waals surface area contributed by atoms with Crippen LogP contribution in [0.2, 0.25) is 0 Å². The molecule has 0 unspecified atom stereocenters. The van der Waals surface area contributed by atoms with Gasteiger partial charge >= 0.3 is 0 Å². The lowest BCUT2D eigenvalue weighted by Gasteiger charge is -2.18. The molecule has 128 valence electrons. The Labute approximate surface area is 141 Å². The summed E-state index contributed by atoms with van der Waals surface area (Å²) in [5.41, 5.74) is 6.73. The molecule has 0 fully saturated rings. The Hall–Kier alpha value is -2.12. The molecule has 4 rings (SSSR count). The minimum absolute atomic E-state index is 0.715. The number of hydrogen-bond acceptors (Lipinski definition) is 3. The van der Waals surface area contributed by atoms with Crippen LogP contribution in [0.15, 0.2) is 24.4 Å². The van der Waals surface area contributed by atoms with Crippen LogP contribution in [0.1, 0.15) is 17.0 Å².